The highest BCUT2D eigenvalue weighted by Crippen LogP contribution is 2.42. The fraction of sp³-hybridized carbons (Fsp3) is 0.538. The summed E-state index contributed by atoms with van der Waals surface area (Å²) in [5, 5.41) is 12.9. The maximum Gasteiger partial charge on any atom is 0.343 e. The van der Waals surface area contributed by atoms with E-state index in [-0.39, 0.29) is 16.7 Å². The second-order valence-electron chi connectivity index (χ2n) is 5.17. The molecule has 19 heavy (non-hydrogen) atoms. The van der Waals surface area contributed by atoms with Crippen LogP contribution in [0.2, 0.25) is 0 Å². The van der Waals surface area contributed by atoms with Crippen LogP contribution >= 0.6 is 11.3 Å². The van der Waals surface area contributed by atoms with Crippen molar-refractivity contribution >= 4 is 28.0 Å². The number of nitrogen functional groups attached to an aromatic ring is 1. The number of anilines is 2. The third-order valence-corrected chi connectivity index (χ3v) is 4.74. The van der Waals surface area contributed by atoms with E-state index < -0.39 is 5.97 Å². The molecule has 1 aromatic heterocycles. The van der Waals surface area contributed by atoms with E-state index >= 15 is 0 Å². The van der Waals surface area contributed by atoms with Gasteiger partial charge in [-0.25, -0.2) is 4.79 Å². The van der Waals surface area contributed by atoms with Crippen molar-refractivity contribution in [3.63, 3.8) is 0 Å². The van der Waals surface area contributed by atoms with Gasteiger partial charge in [-0.05, 0) is 18.3 Å². The van der Waals surface area contributed by atoms with Crippen LogP contribution in [0.4, 0.5) is 10.7 Å². The van der Waals surface area contributed by atoms with Crippen molar-refractivity contribution in [2.75, 3.05) is 24.7 Å². The molecule has 5 nitrogen and oxygen atoms in total. The highest BCUT2D eigenvalue weighted by atomic mass is 32.1. The van der Waals surface area contributed by atoms with Crippen LogP contribution in [0.15, 0.2) is 0 Å². The van der Waals surface area contributed by atoms with E-state index in [4.69, 9.17) is 15.7 Å². The van der Waals surface area contributed by atoms with Crippen molar-refractivity contribution < 1.29 is 9.53 Å². The van der Waals surface area contributed by atoms with Gasteiger partial charge in [0.25, 0.3) is 0 Å². The summed E-state index contributed by atoms with van der Waals surface area (Å²) in [6, 6.07) is 2.01. The third-order valence-electron chi connectivity index (χ3n) is 3.67. The van der Waals surface area contributed by atoms with Crippen LogP contribution in [0, 0.1) is 16.7 Å². The molecule has 1 fully saturated rings. The number of hydrogen-bond acceptors (Lipinski definition) is 6. The Labute approximate surface area is 116 Å². The summed E-state index contributed by atoms with van der Waals surface area (Å²) in [5.41, 5.74) is 6.59. The van der Waals surface area contributed by atoms with Crippen molar-refractivity contribution in [2.24, 2.45) is 5.41 Å². The molecule has 6 heteroatoms. The summed E-state index contributed by atoms with van der Waals surface area (Å²) < 4.78 is 4.73. The molecule has 0 atom stereocenters. The van der Waals surface area contributed by atoms with Gasteiger partial charge in [0.15, 0.2) is 0 Å². The van der Waals surface area contributed by atoms with Crippen molar-refractivity contribution in [1.29, 1.82) is 5.26 Å². The minimum Gasteiger partial charge on any atom is -0.465 e. The molecular formula is C13H17N3O2S. The molecule has 1 aromatic rings. The predicted molar refractivity (Wildman–Crippen MR) is 75.2 cm³/mol. The van der Waals surface area contributed by atoms with E-state index in [1.165, 1.54) is 37.7 Å². The van der Waals surface area contributed by atoms with Crippen molar-refractivity contribution in [3.05, 3.63) is 10.4 Å². The van der Waals surface area contributed by atoms with Crippen molar-refractivity contribution in [2.45, 2.75) is 26.2 Å². The molecule has 102 valence electrons. The van der Waals surface area contributed by atoms with E-state index in [1.54, 1.807) is 0 Å². The summed E-state index contributed by atoms with van der Waals surface area (Å²) in [7, 11) is 1.31. The fourth-order valence-electron chi connectivity index (χ4n) is 2.21. The topological polar surface area (TPSA) is 88.1 Å². The van der Waals surface area contributed by atoms with Gasteiger partial charge in [0.1, 0.15) is 21.5 Å². The highest BCUT2D eigenvalue weighted by molar-refractivity contribution is 7.17. The lowest BCUT2D eigenvalue weighted by molar-refractivity contribution is 0.0603. The average Bonchev–Trinajstić information content (AvgIpc) is 2.69. The molecule has 1 saturated carbocycles. The zero-order chi connectivity index (χ0) is 14.0. The number of rotatable bonds is 4. The molecule has 0 saturated heterocycles. The molecule has 0 bridgehead atoms. The quantitative estimate of drug-likeness (QED) is 0.827. The lowest BCUT2D eigenvalue weighted by Gasteiger charge is -2.38. The Morgan fingerprint density at radius 1 is 1.63 bits per heavy atom. The first kappa shape index (κ1) is 13.7. The number of nitrogens with zero attached hydrogens (tertiary/aromatic N) is 1. The van der Waals surface area contributed by atoms with Gasteiger partial charge < -0.3 is 15.8 Å². The average molecular weight is 279 g/mol. The molecule has 0 aromatic carbocycles. The van der Waals surface area contributed by atoms with Gasteiger partial charge in [0, 0.05) is 6.54 Å². The Kier molecular flexibility index (Phi) is 3.67. The van der Waals surface area contributed by atoms with Crippen LogP contribution < -0.4 is 11.1 Å². The summed E-state index contributed by atoms with van der Waals surface area (Å²) in [5.74, 6) is -0.503. The minimum atomic E-state index is -0.503. The Hall–Kier alpha value is -1.74. The number of carbonyl (C=O) groups is 1. The molecule has 1 heterocycles. The molecule has 3 N–H and O–H groups in total. The standard InChI is InChI=1S/C13H17N3O2S/c1-13(4-3-5-13)7-16-11-9(12(17)18-2)10(15)8(6-14)19-11/h16H,3-5,7,15H2,1-2H3. The number of methoxy groups -OCH3 is 1. The van der Waals surface area contributed by atoms with Crippen LogP contribution in [-0.4, -0.2) is 19.6 Å². The van der Waals surface area contributed by atoms with E-state index in [0.717, 1.165) is 6.54 Å². The van der Waals surface area contributed by atoms with Gasteiger partial charge in [0.2, 0.25) is 0 Å². The third kappa shape index (κ3) is 2.51. The number of nitrogens with one attached hydrogen (secondary N) is 1. The fourth-order valence-corrected chi connectivity index (χ4v) is 3.11. The van der Waals surface area contributed by atoms with Crippen LogP contribution in [0.5, 0.6) is 0 Å². The number of thiophene rings is 1. The lowest BCUT2D eigenvalue weighted by atomic mass is 9.70. The molecule has 0 unspecified atom stereocenters. The maximum absolute atomic E-state index is 11.7. The first-order chi connectivity index (χ1) is 9.00. The second-order valence-corrected chi connectivity index (χ2v) is 6.19. The van der Waals surface area contributed by atoms with Crippen molar-refractivity contribution in [3.8, 4) is 6.07 Å². The Morgan fingerprint density at radius 2 is 2.32 bits per heavy atom. The molecular weight excluding hydrogens is 262 g/mol. The Morgan fingerprint density at radius 3 is 2.79 bits per heavy atom. The van der Waals surface area contributed by atoms with Gasteiger partial charge in [-0.2, -0.15) is 5.26 Å². The molecule has 0 radical (unpaired) electrons. The van der Waals surface area contributed by atoms with E-state index in [2.05, 4.69) is 12.2 Å². The number of nitrogens with two attached hydrogens (primary N) is 1. The first-order valence-electron chi connectivity index (χ1n) is 6.15. The summed E-state index contributed by atoms with van der Waals surface area (Å²) in [6.07, 6.45) is 3.61. The van der Waals surface area contributed by atoms with Crippen LogP contribution in [0.25, 0.3) is 0 Å². The largest absolute Gasteiger partial charge is 0.465 e. The molecule has 0 aliphatic heterocycles. The predicted octanol–water partition coefficient (Wildman–Crippen LogP) is 2.59. The number of esters is 1. The molecule has 1 aliphatic carbocycles. The zero-order valence-corrected chi connectivity index (χ0v) is 11.9. The van der Waals surface area contributed by atoms with Gasteiger partial charge in [-0.15, -0.1) is 11.3 Å². The first-order valence-corrected chi connectivity index (χ1v) is 6.97. The highest BCUT2D eigenvalue weighted by Gasteiger charge is 2.32. The van der Waals surface area contributed by atoms with Crippen LogP contribution in [-0.2, 0) is 4.74 Å². The second kappa shape index (κ2) is 5.10. The normalized spacial score (nSPS) is 16.3. The van der Waals surface area contributed by atoms with Gasteiger partial charge >= 0.3 is 5.97 Å². The SMILES string of the molecule is COC(=O)c1c(NCC2(C)CCC2)sc(C#N)c1N. The molecule has 0 spiro atoms. The molecule has 1 aliphatic rings. The summed E-state index contributed by atoms with van der Waals surface area (Å²) >= 11 is 1.21. The van der Waals surface area contributed by atoms with E-state index in [9.17, 15) is 4.79 Å². The number of ether oxygens (including phenoxy) is 1. The van der Waals surface area contributed by atoms with E-state index in [0.29, 0.717) is 9.88 Å². The summed E-state index contributed by atoms with van der Waals surface area (Å²) in [6.45, 7) is 2.99. The minimum absolute atomic E-state index is 0.209. The Bertz CT molecular complexity index is 541. The summed E-state index contributed by atoms with van der Waals surface area (Å²) in [4.78, 5) is 12.1. The maximum atomic E-state index is 11.7. The number of nitriles is 1. The van der Waals surface area contributed by atoms with Gasteiger partial charge in [0.05, 0.1) is 12.8 Å². The van der Waals surface area contributed by atoms with Crippen molar-refractivity contribution in [1.82, 2.24) is 0 Å². The Balaban J connectivity index is 2.23. The number of hydrogen-bond donors (Lipinski definition) is 2. The molecule has 0 amide bonds. The van der Waals surface area contributed by atoms with Gasteiger partial charge in [-0.1, -0.05) is 13.3 Å². The molecule has 2 rings (SSSR count). The zero-order valence-electron chi connectivity index (χ0n) is 11.1. The monoisotopic (exact) mass is 279 g/mol. The van der Waals surface area contributed by atoms with Gasteiger partial charge in [-0.3, -0.25) is 0 Å². The van der Waals surface area contributed by atoms with Crippen LogP contribution in [0.1, 0.15) is 41.4 Å². The number of carbonyl (C=O) groups excluding carboxylic acids is 1. The van der Waals surface area contributed by atoms with E-state index in [1.807, 2.05) is 6.07 Å². The lowest BCUT2D eigenvalue weighted by Crippen LogP contribution is -2.33. The van der Waals surface area contributed by atoms with Crippen LogP contribution in [0.3, 0.4) is 0 Å². The smallest absolute Gasteiger partial charge is 0.343 e.